The summed E-state index contributed by atoms with van der Waals surface area (Å²) in [6.07, 6.45) is 3.14. The molecular weight excluding hydrogens is 274 g/mol. The molecular formula is C14H19N3O4. The first-order valence-electron chi connectivity index (χ1n) is 6.96. The van der Waals surface area contributed by atoms with Crippen LogP contribution in [-0.2, 0) is 0 Å². The molecule has 0 radical (unpaired) electrons. The molecule has 1 amide bonds. The van der Waals surface area contributed by atoms with Crippen molar-refractivity contribution in [1.82, 2.24) is 10.6 Å². The maximum absolute atomic E-state index is 12.1. The van der Waals surface area contributed by atoms with Gasteiger partial charge in [-0.05, 0) is 31.9 Å². The van der Waals surface area contributed by atoms with Crippen molar-refractivity contribution in [2.24, 2.45) is 0 Å². The molecule has 0 bridgehead atoms. The zero-order chi connectivity index (χ0) is 15.2. The SMILES string of the molecule is COc1c(C(=O)NCC[C@@H]2CCCN2)cccc1[N+](=O)[O-]. The van der Waals surface area contributed by atoms with E-state index < -0.39 is 4.92 Å². The van der Waals surface area contributed by atoms with Gasteiger partial charge < -0.3 is 15.4 Å². The topological polar surface area (TPSA) is 93.5 Å². The molecule has 0 spiro atoms. The summed E-state index contributed by atoms with van der Waals surface area (Å²) in [7, 11) is 1.32. The summed E-state index contributed by atoms with van der Waals surface area (Å²) < 4.78 is 5.02. The second-order valence-electron chi connectivity index (χ2n) is 4.95. The van der Waals surface area contributed by atoms with E-state index >= 15 is 0 Å². The van der Waals surface area contributed by atoms with Crippen molar-refractivity contribution in [3.63, 3.8) is 0 Å². The molecule has 1 aromatic rings. The quantitative estimate of drug-likeness (QED) is 0.612. The Bertz CT molecular complexity index is 527. The Labute approximate surface area is 122 Å². The summed E-state index contributed by atoms with van der Waals surface area (Å²) in [4.78, 5) is 22.5. The Hall–Kier alpha value is -2.15. The molecule has 0 aliphatic carbocycles. The Kier molecular flexibility index (Phi) is 5.10. The van der Waals surface area contributed by atoms with Crippen LogP contribution in [0, 0.1) is 10.1 Å². The van der Waals surface area contributed by atoms with Crippen molar-refractivity contribution in [1.29, 1.82) is 0 Å². The fraction of sp³-hybridized carbons (Fsp3) is 0.500. The van der Waals surface area contributed by atoms with Crippen LogP contribution in [-0.4, -0.2) is 37.1 Å². The van der Waals surface area contributed by atoms with Gasteiger partial charge in [0, 0.05) is 18.7 Å². The van der Waals surface area contributed by atoms with Crippen molar-refractivity contribution in [2.45, 2.75) is 25.3 Å². The van der Waals surface area contributed by atoms with Crippen LogP contribution >= 0.6 is 0 Å². The van der Waals surface area contributed by atoms with Gasteiger partial charge in [0.1, 0.15) is 0 Å². The second kappa shape index (κ2) is 7.03. The lowest BCUT2D eigenvalue weighted by molar-refractivity contribution is -0.385. The molecule has 2 N–H and O–H groups in total. The number of amides is 1. The first-order valence-corrected chi connectivity index (χ1v) is 6.96. The number of benzene rings is 1. The predicted octanol–water partition coefficient (Wildman–Crippen LogP) is 1.48. The highest BCUT2D eigenvalue weighted by Crippen LogP contribution is 2.30. The van der Waals surface area contributed by atoms with Gasteiger partial charge in [-0.25, -0.2) is 0 Å². The highest BCUT2D eigenvalue weighted by atomic mass is 16.6. The van der Waals surface area contributed by atoms with Gasteiger partial charge in [-0.15, -0.1) is 0 Å². The smallest absolute Gasteiger partial charge is 0.311 e. The summed E-state index contributed by atoms with van der Waals surface area (Å²) in [5.41, 5.74) is -0.0197. The van der Waals surface area contributed by atoms with Gasteiger partial charge in [0.2, 0.25) is 5.75 Å². The molecule has 0 unspecified atom stereocenters. The maximum atomic E-state index is 12.1. The molecule has 114 valence electrons. The Morgan fingerprint density at radius 3 is 3.00 bits per heavy atom. The average Bonchev–Trinajstić information content (AvgIpc) is 2.99. The van der Waals surface area contributed by atoms with Crippen LogP contribution in [0.15, 0.2) is 18.2 Å². The monoisotopic (exact) mass is 293 g/mol. The number of rotatable bonds is 6. The summed E-state index contributed by atoms with van der Waals surface area (Å²) >= 11 is 0. The Balaban J connectivity index is 2.01. The highest BCUT2D eigenvalue weighted by Gasteiger charge is 2.22. The molecule has 0 saturated carbocycles. The Morgan fingerprint density at radius 1 is 1.57 bits per heavy atom. The number of nitro groups is 1. The van der Waals surface area contributed by atoms with Gasteiger partial charge in [0.15, 0.2) is 0 Å². The third kappa shape index (κ3) is 3.69. The van der Waals surface area contributed by atoms with Gasteiger partial charge >= 0.3 is 5.69 Å². The summed E-state index contributed by atoms with van der Waals surface area (Å²) in [5.74, 6) is -0.354. The lowest BCUT2D eigenvalue weighted by Gasteiger charge is -2.12. The largest absolute Gasteiger partial charge is 0.490 e. The maximum Gasteiger partial charge on any atom is 0.311 e. The highest BCUT2D eigenvalue weighted by molar-refractivity contribution is 5.98. The van der Waals surface area contributed by atoms with E-state index in [9.17, 15) is 14.9 Å². The lowest BCUT2D eigenvalue weighted by Crippen LogP contribution is -2.30. The van der Waals surface area contributed by atoms with Crippen molar-refractivity contribution in [2.75, 3.05) is 20.2 Å². The van der Waals surface area contributed by atoms with Crippen LogP contribution in [0.1, 0.15) is 29.6 Å². The van der Waals surface area contributed by atoms with Crippen molar-refractivity contribution < 1.29 is 14.5 Å². The van der Waals surface area contributed by atoms with E-state index in [-0.39, 0.29) is 22.9 Å². The Morgan fingerprint density at radius 2 is 2.38 bits per heavy atom. The predicted molar refractivity (Wildman–Crippen MR) is 77.6 cm³/mol. The zero-order valence-electron chi connectivity index (χ0n) is 11.9. The average molecular weight is 293 g/mol. The normalized spacial score (nSPS) is 17.5. The number of nitro benzene ring substituents is 1. The number of hydrogen-bond donors (Lipinski definition) is 2. The molecule has 1 saturated heterocycles. The number of hydrogen-bond acceptors (Lipinski definition) is 5. The standard InChI is InChI=1S/C14H19N3O4/c1-21-13-11(5-2-6-12(13)17(19)20)14(18)16-9-7-10-4-3-8-15-10/h2,5-6,10,15H,3-4,7-9H2,1H3,(H,16,18)/t10-/m0/s1. The van der Waals surface area contributed by atoms with Gasteiger partial charge in [-0.1, -0.05) is 6.07 Å². The van der Waals surface area contributed by atoms with Gasteiger partial charge in [-0.2, -0.15) is 0 Å². The number of carbonyl (C=O) groups excluding carboxylic acids is 1. The molecule has 2 rings (SSSR count). The van der Waals surface area contributed by atoms with E-state index in [1.807, 2.05) is 0 Å². The third-order valence-corrected chi connectivity index (χ3v) is 3.58. The molecule has 1 aliphatic heterocycles. The number of para-hydroxylation sites is 1. The van der Waals surface area contributed by atoms with E-state index in [0.29, 0.717) is 12.6 Å². The third-order valence-electron chi connectivity index (χ3n) is 3.58. The molecule has 0 aromatic heterocycles. The molecule has 7 heteroatoms. The van der Waals surface area contributed by atoms with E-state index in [1.54, 1.807) is 0 Å². The fourth-order valence-corrected chi connectivity index (χ4v) is 2.52. The van der Waals surface area contributed by atoms with E-state index in [4.69, 9.17) is 4.74 Å². The molecule has 1 heterocycles. The van der Waals surface area contributed by atoms with Crippen LogP contribution in [0.4, 0.5) is 5.69 Å². The minimum atomic E-state index is -0.557. The van der Waals surface area contributed by atoms with Crippen LogP contribution in [0.25, 0.3) is 0 Å². The number of methoxy groups -OCH3 is 1. The molecule has 7 nitrogen and oxygen atoms in total. The minimum absolute atomic E-state index is 0.000934. The molecule has 1 aromatic carbocycles. The van der Waals surface area contributed by atoms with Crippen LogP contribution < -0.4 is 15.4 Å². The number of nitrogens with zero attached hydrogens (tertiary/aromatic N) is 1. The zero-order valence-corrected chi connectivity index (χ0v) is 11.9. The van der Waals surface area contributed by atoms with E-state index in [1.165, 1.54) is 25.3 Å². The van der Waals surface area contributed by atoms with Gasteiger partial charge in [0.25, 0.3) is 5.91 Å². The van der Waals surface area contributed by atoms with Crippen LogP contribution in [0.3, 0.4) is 0 Å². The van der Waals surface area contributed by atoms with E-state index in [0.717, 1.165) is 25.8 Å². The van der Waals surface area contributed by atoms with Crippen LogP contribution in [0.2, 0.25) is 0 Å². The minimum Gasteiger partial charge on any atom is -0.490 e. The van der Waals surface area contributed by atoms with Gasteiger partial charge in [-0.3, -0.25) is 14.9 Å². The lowest BCUT2D eigenvalue weighted by atomic mass is 10.1. The summed E-state index contributed by atoms with van der Waals surface area (Å²) in [6.45, 7) is 1.56. The molecule has 1 atom stereocenters. The van der Waals surface area contributed by atoms with Crippen LogP contribution in [0.5, 0.6) is 5.75 Å². The number of nitrogens with one attached hydrogen (secondary N) is 2. The summed E-state index contributed by atoms with van der Waals surface area (Å²) in [6, 6.07) is 4.76. The molecule has 1 aliphatic rings. The molecule has 1 fully saturated rings. The van der Waals surface area contributed by atoms with E-state index in [2.05, 4.69) is 10.6 Å². The fourth-order valence-electron chi connectivity index (χ4n) is 2.52. The first-order chi connectivity index (χ1) is 10.1. The number of ether oxygens (including phenoxy) is 1. The van der Waals surface area contributed by atoms with Crippen molar-refractivity contribution >= 4 is 11.6 Å². The van der Waals surface area contributed by atoms with Gasteiger partial charge in [0.05, 0.1) is 17.6 Å². The summed E-state index contributed by atoms with van der Waals surface area (Å²) in [5, 5.41) is 17.1. The number of carbonyl (C=O) groups is 1. The first kappa shape index (κ1) is 15.2. The van der Waals surface area contributed by atoms with Crippen molar-refractivity contribution in [3.8, 4) is 5.75 Å². The second-order valence-corrected chi connectivity index (χ2v) is 4.95. The molecule has 21 heavy (non-hydrogen) atoms. The van der Waals surface area contributed by atoms with Crippen molar-refractivity contribution in [3.05, 3.63) is 33.9 Å².